The number of rotatable bonds is 6. The van der Waals surface area contributed by atoms with Crippen LogP contribution in [0.15, 0.2) is 12.3 Å². The van der Waals surface area contributed by atoms with E-state index in [2.05, 4.69) is 15.3 Å². The van der Waals surface area contributed by atoms with Crippen LogP contribution in [0.3, 0.4) is 0 Å². The molecule has 2 heterocycles. The molecular weight excluding hydrogens is 292 g/mol. The van der Waals surface area contributed by atoms with Gasteiger partial charge in [0.25, 0.3) is 0 Å². The minimum Gasteiger partial charge on any atom is -0.382 e. The lowest BCUT2D eigenvalue weighted by Gasteiger charge is -2.38. The van der Waals surface area contributed by atoms with E-state index in [0.717, 1.165) is 44.5 Å². The summed E-state index contributed by atoms with van der Waals surface area (Å²) in [5.74, 6) is 0.167. The van der Waals surface area contributed by atoms with Gasteiger partial charge in [0.2, 0.25) is 5.91 Å². The van der Waals surface area contributed by atoms with Gasteiger partial charge in [0.05, 0.1) is 18.3 Å². The molecular formula is C17H28N4O2. The van der Waals surface area contributed by atoms with Crippen LogP contribution in [0.25, 0.3) is 0 Å². The van der Waals surface area contributed by atoms with Gasteiger partial charge >= 0.3 is 0 Å². The summed E-state index contributed by atoms with van der Waals surface area (Å²) >= 11 is 0. The Kier molecular flexibility index (Phi) is 5.02. The first-order chi connectivity index (χ1) is 11.2. The van der Waals surface area contributed by atoms with E-state index in [-0.39, 0.29) is 17.5 Å². The van der Waals surface area contributed by atoms with Crippen molar-refractivity contribution in [2.24, 2.45) is 7.05 Å². The van der Waals surface area contributed by atoms with E-state index in [9.17, 15) is 4.79 Å². The van der Waals surface area contributed by atoms with Crippen molar-refractivity contribution >= 4 is 5.91 Å². The number of ether oxygens (including phenoxy) is 1. The van der Waals surface area contributed by atoms with Gasteiger partial charge in [-0.25, -0.2) is 0 Å². The highest BCUT2D eigenvalue weighted by atomic mass is 16.5. The summed E-state index contributed by atoms with van der Waals surface area (Å²) in [5, 5.41) is 7.47. The van der Waals surface area contributed by atoms with Crippen molar-refractivity contribution in [1.29, 1.82) is 0 Å². The van der Waals surface area contributed by atoms with Crippen LogP contribution in [0.2, 0.25) is 0 Å². The smallest absolute Gasteiger partial charge is 0.241 e. The zero-order valence-corrected chi connectivity index (χ0v) is 14.3. The molecule has 0 aromatic carbocycles. The van der Waals surface area contributed by atoms with Crippen LogP contribution in [0, 0.1) is 0 Å². The summed E-state index contributed by atoms with van der Waals surface area (Å²) in [4.78, 5) is 15.6. The fourth-order valence-corrected chi connectivity index (χ4v) is 4.18. The van der Waals surface area contributed by atoms with Gasteiger partial charge < -0.3 is 10.1 Å². The van der Waals surface area contributed by atoms with E-state index < -0.39 is 0 Å². The number of carbonyl (C=O) groups excluding carboxylic acids is 1. The summed E-state index contributed by atoms with van der Waals surface area (Å²) in [6.45, 7) is 2.56. The maximum Gasteiger partial charge on any atom is 0.241 e. The molecule has 2 aliphatic rings. The average Bonchev–Trinajstić information content (AvgIpc) is 3.28. The summed E-state index contributed by atoms with van der Waals surface area (Å²) in [6, 6.07) is 1.79. The van der Waals surface area contributed by atoms with Crippen LogP contribution in [0.4, 0.5) is 0 Å². The third-order valence-electron chi connectivity index (χ3n) is 5.42. The lowest BCUT2D eigenvalue weighted by atomic mass is 9.93. The Bertz CT molecular complexity index is 530. The van der Waals surface area contributed by atoms with Gasteiger partial charge in [0.1, 0.15) is 5.54 Å². The van der Waals surface area contributed by atoms with E-state index in [4.69, 9.17) is 4.74 Å². The van der Waals surface area contributed by atoms with Crippen molar-refractivity contribution in [1.82, 2.24) is 20.0 Å². The molecule has 0 bridgehead atoms. The maximum absolute atomic E-state index is 13.2. The van der Waals surface area contributed by atoms with Crippen LogP contribution in [0.5, 0.6) is 0 Å². The third-order valence-corrected chi connectivity index (χ3v) is 5.42. The molecule has 6 nitrogen and oxygen atoms in total. The first-order valence-electron chi connectivity index (χ1n) is 8.70. The molecule has 3 rings (SSSR count). The molecule has 0 spiro atoms. The second-order valence-corrected chi connectivity index (χ2v) is 6.79. The molecule has 6 heteroatoms. The van der Waals surface area contributed by atoms with Crippen LogP contribution >= 0.6 is 0 Å². The zero-order chi connectivity index (χ0) is 16.3. The molecule has 1 unspecified atom stereocenters. The Balaban J connectivity index is 1.78. The maximum atomic E-state index is 13.2. The van der Waals surface area contributed by atoms with Gasteiger partial charge in [-0.1, -0.05) is 12.8 Å². The fourth-order valence-electron chi connectivity index (χ4n) is 4.18. The molecule has 1 N–H and O–H groups in total. The number of likely N-dealkylation sites (tertiary alicyclic amines) is 1. The molecule has 1 saturated heterocycles. The number of hydrogen-bond donors (Lipinski definition) is 1. The molecule has 1 aromatic heterocycles. The second-order valence-electron chi connectivity index (χ2n) is 6.79. The lowest BCUT2D eigenvalue weighted by Crippen LogP contribution is -2.57. The predicted molar refractivity (Wildman–Crippen MR) is 88.0 cm³/mol. The van der Waals surface area contributed by atoms with Crippen LogP contribution in [-0.2, 0) is 16.6 Å². The standard InChI is InChI=1S/C17H28N4O2/c1-20-15(7-10-18-20)14(13-23-2)19-16(22)17(8-3-4-9-17)21-11-5-6-12-21/h7,10,14H,3-6,8-9,11-13H2,1-2H3,(H,19,22). The van der Waals surface area contributed by atoms with Gasteiger partial charge in [0.15, 0.2) is 0 Å². The van der Waals surface area contributed by atoms with Crippen molar-refractivity contribution in [2.75, 3.05) is 26.8 Å². The number of aryl methyl sites for hydroxylation is 1. The van der Waals surface area contributed by atoms with Gasteiger partial charge in [-0.15, -0.1) is 0 Å². The Morgan fingerprint density at radius 3 is 2.61 bits per heavy atom. The predicted octanol–water partition coefficient (Wildman–Crippen LogP) is 1.63. The highest BCUT2D eigenvalue weighted by Crippen LogP contribution is 2.38. The van der Waals surface area contributed by atoms with Gasteiger partial charge in [-0.2, -0.15) is 5.10 Å². The first kappa shape index (κ1) is 16.5. The van der Waals surface area contributed by atoms with Crippen LogP contribution in [0.1, 0.15) is 50.3 Å². The molecule has 1 amide bonds. The molecule has 1 saturated carbocycles. The monoisotopic (exact) mass is 320 g/mol. The summed E-state index contributed by atoms with van der Waals surface area (Å²) in [7, 11) is 3.57. The Hall–Kier alpha value is -1.40. The quantitative estimate of drug-likeness (QED) is 0.865. The zero-order valence-electron chi connectivity index (χ0n) is 14.3. The third kappa shape index (κ3) is 3.15. The fraction of sp³-hybridized carbons (Fsp3) is 0.765. The topological polar surface area (TPSA) is 59.4 Å². The Morgan fingerprint density at radius 2 is 2.04 bits per heavy atom. The molecule has 1 aliphatic heterocycles. The number of nitrogens with zero attached hydrogens (tertiary/aromatic N) is 3. The van der Waals surface area contributed by atoms with Crippen molar-refractivity contribution < 1.29 is 9.53 Å². The molecule has 0 radical (unpaired) electrons. The number of aromatic nitrogens is 2. The Labute approximate surface area is 138 Å². The lowest BCUT2D eigenvalue weighted by molar-refractivity contribution is -0.134. The number of hydrogen-bond acceptors (Lipinski definition) is 4. The Morgan fingerprint density at radius 1 is 1.35 bits per heavy atom. The van der Waals surface area contributed by atoms with E-state index >= 15 is 0 Å². The SMILES string of the molecule is COCC(NC(=O)C1(N2CCCC2)CCCC1)c1ccnn1C. The number of carbonyl (C=O) groups is 1. The molecule has 2 fully saturated rings. The summed E-state index contributed by atoms with van der Waals surface area (Å²) in [5.41, 5.74) is 0.677. The van der Waals surface area contributed by atoms with Crippen molar-refractivity contribution in [3.05, 3.63) is 18.0 Å². The molecule has 23 heavy (non-hydrogen) atoms. The van der Waals surface area contributed by atoms with E-state index in [0.29, 0.717) is 6.61 Å². The molecule has 128 valence electrons. The highest BCUT2D eigenvalue weighted by Gasteiger charge is 2.47. The second kappa shape index (κ2) is 7.01. The van der Waals surface area contributed by atoms with E-state index in [1.54, 1.807) is 18.0 Å². The average molecular weight is 320 g/mol. The largest absolute Gasteiger partial charge is 0.382 e. The van der Waals surface area contributed by atoms with Gasteiger partial charge in [-0.3, -0.25) is 14.4 Å². The van der Waals surface area contributed by atoms with Crippen molar-refractivity contribution in [2.45, 2.75) is 50.1 Å². The minimum absolute atomic E-state index is 0.153. The molecule has 1 aliphatic carbocycles. The van der Waals surface area contributed by atoms with Crippen LogP contribution < -0.4 is 5.32 Å². The molecule has 1 aromatic rings. The molecule has 1 atom stereocenters. The van der Waals surface area contributed by atoms with Crippen LogP contribution in [-0.4, -0.2) is 52.9 Å². The van der Waals surface area contributed by atoms with Gasteiger partial charge in [-0.05, 0) is 44.8 Å². The minimum atomic E-state index is -0.304. The van der Waals surface area contributed by atoms with Crippen molar-refractivity contribution in [3.8, 4) is 0 Å². The number of methoxy groups -OCH3 is 1. The van der Waals surface area contributed by atoms with E-state index in [1.807, 2.05) is 13.1 Å². The van der Waals surface area contributed by atoms with E-state index in [1.165, 1.54) is 12.8 Å². The summed E-state index contributed by atoms with van der Waals surface area (Å²) in [6.07, 6.45) is 8.41. The van der Waals surface area contributed by atoms with Crippen molar-refractivity contribution in [3.63, 3.8) is 0 Å². The number of amides is 1. The normalized spacial score (nSPS) is 22.3. The summed E-state index contributed by atoms with van der Waals surface area (Å²) < 4.78 is 7.14. The first-order valence-corrected chi connectivity index (χ1v) is 8.70. The highest BCUT2D eigenvalue weighted by molar-refractivity contribution is 5.87. The number of nitrogens with one attached hydrogen (secondary N) is 1. The van der Waals surface area contributed by atoms with Gasteiger partial charge in [0, 0.05) is 20.4 Å².